The average molecular weight is 259 g/mol. The smallest absolute Gasteiger partial charge is 0.337 e. The lowest BCUT2D eigenvalue weighted by molar-refractivity contribution is 0.0600. The van der Waals surface area contributed by atoms with Gasteiger partial charge in [-0.1, -0.05) is 12.1 Å². The second-order valence-corrected chi connectivity index (χ2v) is 4.31. The van der Waals surface area contributed by atoms with Crippen molar-refractivity contribution in [2.24, 2.45) is 0 Å². The van der Waals surface area contributed by atoms with Crippen molar-refractivity contribution in [3.63, 3.8) is 0 Å². The fourth-order valence-corrected chi connectivity index (χ4v) is 1.79. The van der Waals surface area contributed by atoms with Gasteiger partial charge in [-0.25, -0.2) is 4.79 Å². The fraction of sp³-hybridized carbons (Fsp3) is 0.267. The molecule has 1 aromatic carbocycles. The summed E-state index contributed by atoms with van der Waals surface area (Å²) in [6.45, 7) is 2.75. The van der Waals surface area contributed by atoms with Crippen LogP contribution in [0.25, 0.3) is 0 Å². The lowest BCUT2D eigenvalue weighted by atomic mass is 10.1. The van der Waals surface area contributed by atoms with E-state index in [2.05, 4.69) is 10.1 Å². The number of carbonyl (C=O) groups excluding carboxylic acids is 1. The molecule has 2 aromatic rings. The van der Waals surface area contributed by atoms with Crippen molar-refractivity contribution in [3.05, 3.63) is 59.5 Å². The molecule has 0 spiro atoms. The summed E-state index contributed by atoms with van der Waals surface area (Å²) in [6.07, 6.45) is 1.67. The third-order valence-electron chi connectivity index (χ3n) is 2.96. The number of ether oxygens (including phenoxy) is 1. The second-order valence-electron chi connectivity index (χ2n) is 4.31. The topological polar surface area (TPSA) is 51.5 Å². The van der Waals surface area contributed by atoms with Gasteiger partial charge in [0.05, 0.1) is 25.0 Å². The molecular weight excluding hydrogens is 242 g/mol. The van der Waals surface area contributed by atoms with E-state index in [9.17, 15) is 4.79 Å². The molecule has 0 fully saturated rings. The third-order valence-corrected chi connectivity index (χ3v) is 2.96. The Labute approximate surface area is 112 Å². The molecule has 4 nitrogen and oxygen atoms in total. The monoisotopic (exact) mass is 259 g/mol. The fourth-order valence-electron chi connectivity index (χ4n) is 1.79. The highest BCUT2D eigenvalue weighted by Crippen LogP contribution is 2.13. The van der Waals surface area contributed by atoms with Crippen molar-refractivity contribution in [1.29, 1.82) is 0 Å². The first-order valence-electron chi connectivity index (χ1n) is 6.14. The van der Waals surface area contributed by atoms with E-state index in [1.54, 1.807) is 18.4 Å². The van der Waals surface area contributed by atoms with Gasteiger partial charge in [0.25, 0.3) is 0 Å². The SMILES string of the molecule is COC(=O)c1ccc(CN[C@H](C)c2ccco2)cc1. The summed E-state index contributed by atoms with van der Waals surface area (Å²) in [6, 6.07) is 11.3. The predicted molar refractivity (Wildman–Crippen MR) is 71.7 cm³/mol. The maximum atomic E-state index is 11.3. The molecule has 0 unspecified atom stereocenters. The molecule has 2 rings (SSSR count). The van der Waals surface area contributed by atoms with Crippen molar-refractivity contribution in [2.45, 2.75) is 19.5 Å². The third kappa shape index (κ3) is 3.45. The van der Waals surface area contributed by atoms with Crippen LogP contribution in [0, 0.1) is 0 Å². The van der Waals surface area contributed by atoms with Crippen LogP contribution in [-0.4, -0.2) is 13.1 Å². The highest BCUT2D eigenvalue weighted by Gasteiger charge is 2.08. The van der Waals surface area contributed by atoms with Gasteiger partial charge in [0.15, 0.2) is 0 Å². The lowest BCUT2D eigenvalue weighted by Crippen LogP contribution is -2.17. The number of benzene rings is 1. The molecular formula is C15H17NO3. The Morgan fingerprint density at radius 3 is 2.63 bits per heavy atom. The first-order chi connectivity index (χ1) is 9.20. The van der Waals surface area contributed by atoms with Crippen LogP contribution in [0.3, 0.4) is 0 Å². The number of rotatable bonds is 5. The molecule has 1 atom stereocenters. The van der Waals surface area contributed by atoms with E-state index in [1.807, 2.05) is 31.2 Å². The van der Waals surface area contributed by atoms with Gasteiger partial charge in [-0.05, 0) is 36.8 Å². The van der Waals surface area contributed by atoms with Crippen LogP contribution in [0.2, 0.25) is 0 Å². The van der Waals surface area contributed by atoms with Crippen LogP contribution < -0.4 is 5.32 Å². The van der Waals surface area contributed by atoms with E-state index < -0.39 is 0 Å². The molecule has 0 bridgehead atoms. The number of nitrogens with one attached hydrogen (secondary N) is 1. The molecule has 0 saturated heterocycles. The maximum absolute atomic E-state index is 11.3. The van der Waals surface area contributed by atoms with Gasteiger partial charge in [-0.3, -0.25) is 0 Å². The summed E-state index contributed by atoms with van der Waals surface area (Å²) in [5, 5.41) is 3.35. The van der Waals surface area contributed by atoms with Crippen LogP contribution in [0.1, 0.15) is 34.6 Å². The first kappa shape index (κ1) is 13.4. The molecule has 1 N–H and O–H groups in total. The predicted octanol–water partition coefficient (Wildman–Crippen LogP) is 2.92. The van der Waals surface area contributed by atoms with Crippen LogP contribution in [0.5, 0.6) is 0 Å². The van der Waals surface area contributed by atoms with Crippen LogP contribution in [-0.2, 0) is 11.3 Å². The molecule has 1 aromatic heterocycles. The first-order valence-corrected chi connectivity index (χ1v) is 6.14. The van der Waals surface area contributed by atoms with Gasteiger partial charge in [-0.15, -0.1) is 0 Å². The number of hydrogen-bond acceptors (Lipinski definition) is 4. The molecule has 19 heavy (non-hydrogen) atoms. The molecule has 0 aliphatic rings. The van der Waals surface area contributed by atoms with Gasteiger partial charge < -0.3 is 14.5 Å². The Hall–Kier alpha value is -2.07. The second kappa shape index (κ2) is 6.20. The molecule has 0 saturated carbocycles. The minimum atomic E-state index is -0.316. The highest BCUT2D eigenvalue weighted by molar-refractivity contribution is 5.89. The van der Waals surface area contributed by atoms with Crippen molar-refractivity contribution < 1.29 is 13.9 Å². The molecule has 1 heterocycles. The quantitative estimate of drug-likeness (QED) is 0.839. The maximum Gasteiger partial charge on any atom is 0.337 e. The lowest BCUT2D eigenvalue weighted by Gasteiger charge is -2.11. The zero-order valence-corrected chi connectivity index (χ0v) is 11.1. The Morgan fingerprint density at radius 1 is 1.32 bits per heavy atom. The zero-order chi connectivity index (χ0) is 13.7. The van der Waals surface area contributed by atoms with E-state index >= 15 is 0 Å². The summed E-state index contributed by atoms with van der Waals surface area (Å²) in [5.41, 5.74) is 1.66. The average Bonchev–Trinajstić information content (AvgIpc) is 2.98. The summed E-state index contributed by atoms with van der Waals surface area (Å²) < 4.78 is 9.98. The number of methoxy groups -OCH3 is 1. The van der Waals surface area contributed by atoms with Gasteiger partial charge >= 0.3 is 5.97 Å². The summed E-state index contributed by atoms with van der Waals surface area (Å²) >= 11 is 0. The van der Waals surface area contributed by atoms with Crippen molar-refractivity contribution in [1.82, 2.24) is 5.32 Å². The number of esters is 1. The van der Waals surface area contributed by atoms with E-state index in [-0.39, 0.29) is 12.0 Å². The van der Waals surface area contributed by atoms with E-state index in [1.165, 1.54) is 7.11 Å². The minimum Gasteiger partial charge on any atom is -0.468 e. The van der Waals surface area contributed by atoms with Gasteiger partial charge in [0, 0.05) is 6.54 Å². The molecule has 100 valence electrons. The number of hydrogen-bond donors (Lipinski definition) is 1. The van der Waals surface area contributed by atoms with E-state index in [0.29, 0.717) is 12.1 Å². The molecule has 0 radical (unpaired) electrons. The van der Waals surface area contributed by atoms with E-state index in [0.717, 1.165) is 11.3 Å². The Kier molecular flexibility index (Phi) is 4.36. The van der Waals surface area contributed by atoms with Crippen LogP contribution >= 0.6 is 0 Å². The van der Waals surface area contributed by atoms with Crippen molar-refractivity contribution in [2.75, 3.05) is 7.11 Å². The van der Waals surface area contributed by atoms with E-state index in [4.69, 9.17) is 4.42 Å². The standard InChI is InChI=1S/C15H17NO3/c1-11(14-4-3-9-19-14)16-10-12-5-7-13(8-6-12)15(17)18-2/h3-9,11,16H,10H2,1-2H3/t11-/m1/s1. The Bertz CT molecular complexity index is 517. The highest BCUT2D eigenvalue weighted by atomic mass is 16.5. The minimum absolute atomic E-state index is 0.148. The van der Waals surface area contributed by atoms with Crippen LogP contribution in [0.4, 0.5) is 0 Å². The molecule has 0 amide bonds. The van der Waals surface area contributed by atoms with Crippen molar-refractivity contribution in [3.8, 4) is 0 Å². The summed E-state index contributed by atoms with van der Waals surface area (Å²) in [7, 11) is 1.38. The number of carbonyl (C=O) groups is 1. The summed E-state index contributed by atoms with van der Waals surface area (Å²) in [5.74, 6) is 0.592. The van der Waals surface area contributed by atoms with Crippen LogP contribution in [0.15, 0.2) is 47.1 Å². The van der Waals surface area contributed by atoms with Gasteiger partial charge in [0.1, 0.15) is 5.76 Å². The van der Waals surface area contributed by atoms with Gasteiger partial charge in [0.2, 0.25) is 0 Å². The normalized spacial score (nSPS) is 12.1. The number of furan rings is 1. The molecule has 4 heteroatoms. The zero-order valence-electron chi connectivity index (χ0n) is 11.1. The summed E-state index contributed by atoms with van der Waals surface area (Å²) in [4.78, 5) is 11.3. The Morgan fingerprint density at radius 2 is 2.05 bits per heavy atom. The largest absolute Gasteiger partial charge is 0.468 e. The van der Waals surface area contributed by atoms with Gasteiger partial charge in [-0.2, -0.15) is 0 Å². The van der Waals surface area contributed by atoms with Crippen molar-refractivity contribution >= 4 is 5.97 Å². The molecule has 0 aliphatic carbocycles. The molecule has 0 aliphatic heterocycles. The Balaban J connectivity index is 1.91.